The first-order valence-corrected chi connectivity index (χ1v) is 6.09. The Kier molecular flexibility index (Phi) is 4.27. The van der Waals surface area contributed by atoms with Gasteiger partial charge in [-0.05, 0) is 31.1 Å². The molecule has 0 aromatic carbocycles. The lowest BCUT2D eigenvalue weighted by molar-refractivity contribution is -0.277. The molecule has 0 bridgehead atoms. The van der Waals surface area contributed by atoms with Gasteiger partial charge in [-0.1, -0.05) is 33.1 Å². The predicted molar refractivity (Wildman–Crippen MR) is 57.0 cm³/mol. The zero-order valence-electron chi connectivity index (χ0n) is 9.98. The van der Waals surface area contributed by atoms with Gasteiger partial charge in [0.2, 0.25) is 0 Å². The van der Waals surface area contributed by atoms with Crippen molar-refractivity contribution in [3.63, 3.8) is 0 Å². The van der Waals surface area contributed by atoms with Crippen LogP contribution in [-0.4, -0.2) is 16.9 Å². The van der Waals surface area contributed by atoms with E-state index in [-0.39, 0.29) is 18.8 Å². The second-order valence-electron chi connectivity index (χ2n) is 5.15. The van der Waals surface area contributed by atoms with Gasteiger partial charge in [-0.15, -0.1) is 0 Å². The molecule has 3 atom stereocenters. The quantitative estimate of drug-likeness (QED) is 0.790. The van der Waals surface area contributed by atoms with Crippen molar-refractivity contribution in [2.45, 2.75) is 64.1 Å². The van der Waals surface area contributed by atoms with E-state index in [9.17, 15) is 18.3 Å². The molecule has 0 amide bonds. The van der Waals surface area contributed by atoms with Gasteiger partial charge in [0.1, 0.15) is 0 Å². The minimum absolute atomic E-state index is 0.0142. The number of rotatable bonds is 3. The number of halogens is 3. The van der Waals surface area contributed by atoms with Crippen LogP contribution in [0.3, 0.4) is 0 Å². The first-order chi connectivity index (χ1) is 7.30. The Morgan fingerprint density at radius 3 is 2.50 bits per heavy atom. The minimum Gasteiger partial charge on any atom is -0.380 e. The van der Waals surface area contributed by atoms with Crippen molar-refractivity contribution >= 4 is 0 Å². The highest BCUT2D eigenvalue weighted by Gasteiger charge is 2.56. The molecule has 0 spiro atoms. The number of alkyl halides is 3. The van der Waals surface area contributed by atoms with E-state index in [1.165, 1.54) is 0 Å². The summed E-state index contributed by atoms with van der Waals surface area (Å²) in [6.07, 6.45) is -1.51. The SMILES string of the molecule is CCCCC1CC(O)(C(F)(F)F)CCC1C. The Balaban J connectivity index is 2.66. The third kappa shape index (κ3) is 2.90. The maximum Gasteiger partial charge on any atom is 0.417 e. The molecule has 1 rings (SSSR count). The third-order valence-corrected chi connectivity index (χ3v) is 3.87. The summed E-state index contributed by atoms with van der Waals surface area (Å²) in [7, 11) is 0. The van der Waals surface area contributed by atoms with E-state index in [1.54, 1.807) is 0 Å². The van der Waals surface area contributed by atoms with Crippen molar-refractivity contribution in [2.75, 3.05) is 0 Å². The van der Waals surface area contributed by atoms with Crippen molar-refractivity contribution in [3.8, 4) is 0 Å². The van der Waals surface area contributed by atoms with E-state index >= 15 is 0 Å². The fraction of sp³-hybridized carbons (Fsp3) is 1.00. The summed E-state index contributed by atoms with van der Waals surface area (Å²) in [6, 6.07) is 0. The number of hydrogen-bond acceptors (Lipinski definition) is 1. The topological polar surface area (TPSA) is 20.2 Å². The van der Waals surface area contributed by atoms with E-state index < -0.39 is 11.8 Å². The smallest absolute Gasteiger partial charge is 0.380 e. The van der Waals surface area contributed by atoms with Crippen LogP contribution in [0.4, 0.5) is 13.2 Å². The Morgan fingerprint density at radius 2 is 2.00 bits per heavy atom. The summed E-state index contributed by atoms with van der Waals surface area (Å²) in [6.45, 7) is 4.03. The largest absolute Gasteiger partial charge is 0.417 e. The highest BCUT2D eigenvalue weighted by atomic mass is 19.4. The van der Waals surface area contributed by atoms with Gasteiger partial charge in [0.25, 0.3) is 0 Å². The van der Waals surface area contributed by atoms with Crippen molar-refractivity contribution in [1.82, 2.24) is 0 Å². The molecule has 0 heterocycles. The zero-order valence-corrected chi connectivity index (χ0v) is 9.98. The minimum atomic E-state index is -4.47. The lowest BCUT2D eigenvalue weighted by Crippen LogP contribution is -2.50. The summed E-state index contributed by atoms with van der Waals surface area (Å²) in [5.41, 5.74) is -2.43. The molecule has 0 aromatic rings. The first-order valence-electron chi connectivity index (χ1n) is 6.09. The van der Waals surface area contributed by atoms with Crippen LogP contribution in [-0.2, 0) is 0 Å². The Morgan fingerprint density at radius 1 is 1.38 bits per heavy atom. The summed E-state index contributed by atoms with van der Waals surface area (Å²) in [5, 5.41) is 9.67. The van der Waals surface area contributed by atoms with Crippen LogP contribution in [0.25, 0.3) is 0 Å². The van der Waals surface area contributed by atoms with E-state index in [0.29, 0.717) is 12.3 Å². The van der Waals surface area contributed by atoms with E-state index in [4.69, 9.17) is 0 Å². The molecule has 1 saturated carbocycles. The van der Waals surface area contributed by atoms with Crippen LogP contribution >= 0.6 is 0 Å². The second-order valence-corrected chi connectivity index (χ2v) is 5.15. The molecule has 1 aliphatic rings. The monoisotopic (exact) mass is 238 g/mol. The molecule has 0 aromatic heterocycles. The molecule has 16 heavy (non-hydrogen) atoms. The van der Waals surface area contributed by atoms with E-state index in [1.807, 2.05) is 13.8 Å². The fourth-order valence-corrected chi connectivity index (χ4v) is 2.55. The van der Waals surface area contributed by atoms with Crippen LogP contribution in [0.1, 0.15) is 52.4 Å². The lowest BCUT2D eigenvalue weighted by atomic mass is 9.70. The molecular formula is C12H21F3O. The van der Waals surface area contributed by atoms with Gasteiger partial charge in [-0.3, -0.25) is 0 Å². The van der Waals surface area contributed by atoms with Gasteiger partial charge < -0.3 is 5.11 Å². The van der Waals surface area contributed by atoms with Crippen LogP contribution < -0.4 is 0 Å². The molecular weight excluding hydrogens is 217 g/mol. The van der Waals surface area contributed by atoms with Crippen molar-refractivity contribution in [2.24, 2.45) is 11.8 Å². The zero-order chi connectivity index (χ0) is 12.4. The summed E-state index contributed by atoms with van der Waals surface area (Å²) < 4.78 is 38.1. The van der Waals surface area contributed by atoms with Crippen LogP contribution in [0, 0.1) is 11.8 Å². The van der Waals surface area contributed by atoms with E-state index in [2.05, 4.69) is 0 Å². The van der Waals surface area contributed by atoms with Gasteiger partial charge in [-0.2, -0.15) is 13.2 Å². The van der Waals surface area contributed by atoms with Gasteiger partial charge in [0.15, 0.2) is 5.60 Å². The Hall–Kier alpha value is -0.250. The maximum absolute atomic E-state index is 12.7. The van der Waals surface area contributed by atoms with Crippen LogP contribution in [0.15, 0.2) is 0 Å². The van der Waals surface area contributed by atoms with Crippen molar-refractivity contribution in [3.05, 3.63) is 0 Å². The molecule has 1 nitrogen and oxygen atoms in total. The molecule has 0 aliphatic heterocycles. The standard InChI is InChI=1S/C12H21F3O/c1-3-4-5-10-8-11(16,12(13,14)15)7-6-9(10)2/h9-10,16H,3-8H2,1-2H3. The predicted octanol–water partition coefficient (Wildman–Crippen LogP) is 3.91. The first kappa shape index (κ1) is 13.8. The molecule has 1 aliphatic carbocycles. The van der Waals surface area contributed by atoms with Gasteiger partial charge in [0.05, 0.1) is 0 Å². The molecule has 1 N–H and O–H groups in total. The van der Waals surface area contributed by atoms with Crippen LogP contribution in [0.5, 0.6) is 0 Å². The van der Waals surface area contributed by atoms with Gasteiger partial charge in [0, 0.05) is 0 Å². The average molecular weight is 238 g/mol. The summed E-state index contributed by atoms with van der Waals surface area (Å²) in [5.74, 6) is 0.314. The Labute approximate surface area is 95.0 Å². The number of hydrogen-bond donors (Lipinski definition) is 1. The maximum atomic E-state index is 12.7. The highest BCUT2D eigenvalue weighted by molar-refractivity contribution is 4.94. The van der Waals surface area contributed by atoms with Crippen molar-refractivity contribution in [1.29, 1.82) is 0 Å². The van der Waals surface area contributed by atoms with Gasteiger partial charge >= 0.3 is 6.18 Å². The summed E-state index contributed by atoms with van der Waals surface area (Å²) >= 11 is 0. The second kappa shape index (κ2) is 4.94. The normalized spacial score (nSPS) is 36.4. The Bertz CT molecular complexity index is 227. The summed E-state index contributed by atoms with van der Waals surface area (Å²) in [4.78, 5) is 0. The number of aliphatic hydroxyl groups is 1. The molecule has 0 radical (unpaired) electrons. The van der Waals surface area contributed by atoms with Crippen molar-refractivity contribution < 1.29 is 18.3 Å². The molecule has 3 unspecified atom stereocenters. The molecule has 4 heteroatoms. The third-order valence-electron chi connectivity index (χ3n) is 3.87. The molecule has 0 saturated heterocycles. The average Bonchev–Trinajstić information content (AvgIpc) is 2.18. The molecule has 96 valence electrons. The van der Waals surface area contributed by atoms with Crippen LogP contribution in [0.2, 0.25) is 0 Å². The molecule has 1 fully saturated rings. The number of unbranched alkanes of at least 4 members (excludes halogenated alkanes) is 1. The van der Waals surface area contributed by atoms with Gasteiger partial charge in [-0.25, -0.2) is 0 Å². The fourth-order valence-electron chi connectivity index (χ4n) is 2.55. The van der Waals surface area contributed by atoms with E-state index in [0.717, 1.165) is 19.3 Å². The lowest BCUT2D eigenvalue weighted by Gasteiger charge is -2.41. The highest BCUT2D eigenvalue weighted by Crippen LogP contribution is 2.46.